The fraction of sp³-hybridized carbons (Fsp3) is 0.333. The number of nitrogens with zero attached hydrogens (tertiary/aromatic N) is 4. The van der Waals surface area contributed by atoms with Crippen molar-refractivity contribution in [2.75, 3.05) is 31.3 Å². The third-order valence-corrected chi connectivity index (χ3v) is 8.06. The maximum atomic E-state index is 13.1. The van der Waals surface area contributed by atoms with Gasteiger partial charge in [0.05, 0.1) is 39.4 Å². The van der Waals surface area contributed by atoms with Crippen molar-refractivity contribution >= 4 is 65.7 Å². The molecule has 186 valence electrons. The Morgan fingerprint density at radius 1 is 1.25 bits per heavy atom. The van der Waals surface area contributed by atoms with Gasteiger partial charge >= 0.3 is 0 Å². The number of hydrogen-bond donors (Lipinski definition) is 2. The van der Waals surface area contributed by atoms with Crippen LogP contribution in [0.4, 0.5) is 11.5 Å². The van der Waals surface area contributed by atoms with E-state index >= 15 is 0 Å². The lowest BCUT2D eigenvalue weighted by molar-refractivity contribution is -0.137. The van der Waals surface area contributed by atoms with Crippen LogP contribution in [0.15, 0.2) is 42.2 Å². The number of thiazole rings is 1. The monoisotopic (exact) mass is 524 g/mol. The van der Waals surface area contributed by atoms with Crippen LogP contribution in [0.2, 0.25) is 0 Å². The van der Waals surface area contributed by atoms with Crippen LogP contribution in [0.5, 0.6) is 0 Å². The normalized spacial score (nSPS) is 17.4. The van der Waals surface area contributed by atoms with Crippen LogP contribution in [0.1, 0.15) is 25.0 Å². The summed E-state index contributed by atoms with van der Waals surface area (Å²) < 4.78 is 28.8. The second-order valence-electron chi connectivity index (χ2n) is 9.30. The van der Waals surface area contributed by atoms with Gasteiger partial charge in [0, 0.05) is 24.5 Å². The third kappa shape index (κ3) is 4.47. The molecule has 0 spiro atoms. The van der Waals surface area contributed by atoms with E-state index in [9.17, 15) is 13.2 Å². The van der Waals surface area contributed by atoms with Crippen molar-refractivity contribution in [2.24, 2.45) is 5.41 Å². The number of benzene rings is 1. The topological polar surface area (TPSA) is 130 Å². The van der Waals surface area contributed by atoms with E-state index in [-0.39, 0.29) is 12.5 Å². The standard InChI is InChI=1S/C24H24N6O4S2/c1-36(32,33)34-12-24(6-7-24)23(31)30-8-4-15(5-9-30)19-11-17-21(25-13-26-22(17)29-19)28-16-2-3-18-20(10-16)35-14-27-18/h2-4,10-11,13-14H,5-9,12H2,1H3,(H2,25,26,28,29). The molecule has 1 aromatic carbocycles. The van der Waals surface area contributed by atoms with Gasteiger partial charge in [0.15, 0.2) is 0 Å². The molecule has 4 aromatic rings. The zero-order valence-electron chi connectivity index (χ0n) is 19.5. The minimum absolute atomic E-state index is 0.0339. The smallest absolute Gasteiger partial charge is 0.264 e. The SMILES string of the molecule is CS(=O)(=O)OCC1(C(=O)N2CC=C(c3cc4c(Nc5ccc6ncsc6c5)ncnc4[nH]3)CC2)CC1. The number of aromatic amines is 1. The van der Waals surface area contributed by atoms with Crippen LogP contribution >= 0.6 is 11.3 Å². The zero-order valence-corrected chi connectivity index (χ0v) is 21.2. The Hall–Kier alpha value is -3.35. The molecule has 36 heavy (non-hydrogen) atoms. The maximum absolute atomic E-state index is 13.1. The lowest BCUT2D eigenvalue weighted by atomic mass is 10.0. The highest BCUT2D eigenvalue weighted by atomic mass is 32.2. The summed E-state index contributed by atoms with van der Waals surface area (Å²) in [5, 5.41) is 4.27. The summed E-state index contributed by atoms with van der Waals surface area (Å²) in [5.74, 6) is 0.675. The molecule has 1 amide bonds. The molecule has 2 N–H and O–H groups in total. The molecule has 4 heterocycles. The van der Waals surface area contributed by atoms with Gasteiger partial charge in [0.25, 0.3) is 10.1 Å². The van der Waals surface area contributed by atoms with Crippen LogP contribution in [0.3, 0.4) is 0 Å². The fourth-order valence-electron chi connectivity index (χ4n) is 4.51. The number of H-pyrrole nitrogens is 1. The Bertz CT molecular complexity index is 1620. The molecule has 0 atom stereocenters. The number of rotatable bonds is 7. The summed E-state index contributed by atoms with van der Waals surface area (Å²) >= 11 is 1.59. The first-order valence-corrected chi connectivity index (χ1v) is 14.3. The van der Waals surface area contributed by atoms with E-state index in [0.29, 0.717) is 38.2 Å². The number of fused-ring (bicyclic) bond motifs is 2. The van der Waals surface area contributed by atoms with Crippen molar-refractivity contribution in [2.45, 2.75) is 19.3 Å². The highest BCUT2D eigenvalue weighted by Gasteiger charge is 2.52. The average molecular weight is 525 g/mol. The fourth-order valence-corrected chi connectivity index (χ4v) is 5.66. The van der Waals surface area contributed by atoms with Gasteiger partial charge in [-0.25, -0.2) is 15.0 Å². The molecule has 12 heteroatoms. The number of carbonyl (C=O) groups excluding carboxylic acids is 1. The van der Waals surface area contributed by atoms with Crippen molar-refractivity contribution in [1.29, 1.82) is 0 Å². The Balaban J connectivity index is 1.18. The van der Waals surface area contributed by atoms with Crippen LogP contribution in [-0.2, 0) is 19.1 Å². The van der Waals surface area contributed by atoms with Crippen molar-refractivity contribution in [1.82, 2.24) is 24.8 Å². The molecule has 3 aromatic heterocycles. The summed E-state index contributed by atoms with van der Waals surface area (Å²) in [6, 6.07) is 8.05. The minimum atomic E-state index is -3.58. The Morgan fingerprint density at radius 3 is 2.86 bits per heavy atom. The van der Waals surface area contributed by atoms with E-state index in [1.807, 2.05) is 29.8 Å². The van der Waals surface area contributed by atoms with Crippen molar-refractivity contribution < 1.29 is 17.4 Å². The first-order chi connectivity index (χ1) is 17.3. The van der Waals surface area contributed by atoms with Crippen LogP contribution < -0.4 is 5.32 Å². The largest absolute Gasteiger partial charge is 0.340 e. The van der Waals surface area contributed by atoms with Gasteiger partial charge in [-0.15, -0.1) is 11.3 Å². The summed E-state index contributed by atoms with van der Waals surface area (Å²) in [6.07, 6.45) is 6.56. The first-order valence-electron chi connectivity index (χ1n) is 11.6. The lowest BCUT2D eigenvalue weighted by Crippen LogP contribution is -2.41. The van der Waals surface area contributed by atoms with Gasteiger partial charge in [-0.05, 0) is 49.1 Å². The molecule has 6 rings (SSSR count). The van der Waals surface area contributed by atoms with Gasteiger partial charge in [0.1, 0.15) is 17.8 Å². The highest BCUT2D eigenvalue weighted by molar-refractivity contribution is 7.85. The number of nitrogens with one attached hydrogen (secondary N) is 2. The Kier molecular flexibility index (Phi) is 5.54. The van der Waals surface area contributed by atoms with Crippen LogP contribution in [0.25, 0.3) is 26.8 Å². The predicted octanol–water partition coefficient (Wildman–Crippen LogP) is 3.68. The average Bonchev–Trinajstić information content (AvgIpc) is 3.29. The van der Waals surface area contributed by atoms with E-state index in [0.717, 1.165) is 44.5 Å². The summed E-state index contributed by atoms with van der Waals surface area (Å²) in [7, 11) is -3.58. The quantitative estimate of drug-likeness (QED) is 0.350. The third-order valence-electron chi connectivity index (χ3n) is 6.72. The Morgan fingerprint density at radius 2 is 2.11 bits per heavy atom. The van der Waals surface area contributed by atoms with Crippen molar-refractivity contribution in [3.63, 3.8) is 0 Å². The molecule has 0 saturated heterocycles. The predicted molar refractivity (Wildman–Crippen MR) is 138 cm³/mol. The van der Waals surface area contributed by atoms with Gasteiger partial charge in [0.2, 0.25) is 5.91 Å². The van der Waals surface area contributed by atoms with E-state index in [4.69, 9.17) is 4.18 Å². The number of carbonyl (C=O) groups is 1. The molecule has 0 bridgehead atoms. The van der Waals surface area contributed by atoms with Gasteiger partial charge < -0.3 is 15.2 Å². The molecule has 0 unspecified atom stereocenters. The molecule has 1 saturated carbocycles. The number of anilines is 2. The van der Waals surface area contributed by atoms with Gasteiger partial charge in [-0.3, -0.25) is 8.98 Å². The van der Waals surface area contributed by atoms with Crippen molar-refractivity contribution in [3.05, 3.63) is 47.9 Å². The molecule has 1 aliphatic carbocycles. The Labute approximate surface area is 211 Å². The second kappa shape index (κ2) is 8.64. The molecular formula is C24H24N6O4S2. The molecule has 0 radical (unpaired) electrons. The molecule has 2 aliphatic rings. The summed E-state index contributed by atoms with van der Waals surface area (Å²) in [4.78, 5) is 31.4. The maximum Gasteiger partial charge on any atom is 0.264 e. The molecule has 10 nitrogen and oxygen atoms in total. The number of aromatic nitrogens is 4. The van der Waals surface area contributed by atoms with E-state index < -0.39 is 15.5 Å². The summed E-state index contributed by atoms with van der Waals surface area (Å²) in [5.41, 5.74) is 5.80. The zero-order chi connectivity index (χ0) is 24.9. The van der Waals surface area contributed by atoms with Gasteiger partial charge in [-0.1, -0.05) is 6.08 Å². The number of amides is 1. The van der Waals surface area contributed by atoms with E-state index in [2.05, 4.69) is 31.3 Å². The van der Waals surface area contributed by atoms with Crippen LogP contribution in [0, 0.1) is 5.41 Å². The summed E-state index contributed by atoms with van der Waals surface area (Å²) in [6.45, 7) is 0.951. The number of hydrogen-bond acceptors (Lipinski definition) is 9. The molecule has 1 fully saturated rings. The first kappa shape index (κ1) is 23.1. The molecular weight excluding hydrogens is 500 g/mol. The van der Waals surface area contributed by atoms with E-state index in [1.54, 1.807) is 16.2 Å². The molecule has 1 aliphatic heterocycles. The van der Waals surface area contributed by atoms with Crippen LogP contribution in [-0.4, -0.2) is 65.1 Å². The second-order valence-corrected chi connectivity index (χ2v) is 11.8. The van der Waals surface area contributed by atoms with E-state index in [1.165, 1.54) is 6.33 Å². The van der Waals surface area contributed by atoms with Crippen molar-refractivity contribution in [3.8, 4) is 0 Å². The minimum Gasteiger partial charge on any atom is -0.340 e. The highest BCUT2D eigenvalue weighted by Crippen LogP contribution is 2.48. The van der Waals surface area contributed by atoms with Gasteiger partial charge in [-0.2, -0.15) is 8.42 Å². The lowest BCUT2D eigenvalue weighted by Gasteiger charge is -2.29.